The molecule has 23 heavy (non-hydrogen) atoms. The van der Waals surface area contributed by atoms with Crippen molar-refractivity contribution in [2.24, 2.45) is 4.99 Å². The number of hydrogen-bond donors (Lipinski definition) is 2. The van der Waals surface area contributed by atoms with Gasteiger partial charge in [-0.1, -0.05) is 59.9 Å². The average Bonchev–Trinajstić information content (AvgIpc) is 3.09. The van der Waals surface area contributed by atoms with E-state index in [2.05, 4.69) is 4.98 Å². The summed E-state index contributed by atoms with van der Waals surface area (Å²) in [5.41, 5.74) is 4.62. The summed E-state index contributed by atoms with van der Waals surface area (Å²) in [7, 11) is 0. The van der Waals surface area contributed by atoms with Crippen molar-refractivity contribution in [1.29, 1.82) is 0 Å². The number of para-hydroxylation sites is 1. The lowest BCUT2D eigenvalue weighted by Crippen LogP contribution is -1.99. The van der Waals surface area contributed by atoms with Crippen LogP contribution in [0.1, 0.15) is 16.0 Å². The first-order valence-electron chi connectivity index (χ1n) is 7.10. The Kier molecular flexibility index (Phi) is 3.20. The third kappa shape index (κ3) is 2.41. The highest BCUT2D eigenvalue weighted by atomic mass is 32.1. The molecule has 0 radical (unpaired) electrons. The van der Waals surface area contributed by atoms with Gasteiger partial charge in [0.2, 0.25) is 5.88 Å². The zero-order valence-electron chi connectivity index (χ0n) is 12.0. The van der Waals surface area contributed by atoms with E-state index in [-0.39, 0.29) is 10.8 Å². The molecule has 1 aromatic heterocycles. The van der Waals surface area contributed by atoms with E-state index < -0.39 is 0 Å². The second-order valence-electron chi connectivity index (χ2n) is 5.13. The summed E-state index contributed by atoms with van der Waals surface area (Å²) < 4.78 is 0. The molecule has 0 bridgehead atoms. The Morgan fingerprint density at radius 2 is 1.78 bits per heavy atom. The van der Waals surface area contributed by atoms with E-state index in [1.807, 2.05) is 60.7 Å². The van der Waals surface area contributed by atoms with E-state index in [1.165, 1.54) is 0 Å². The Bertz CT molecular complexity index is 997. The normalized spacial score (nSPS) is 14.8. The minimum Gasteiger partial charge on any atom is -0.493 e. The topological polar surface area (TPSA) is 65.5 Å². The number of benzene rings is 2. The van der Waals surface area contributed by atoms with Gasteiger partial charge in [0.25, 0.3) is 0 Å². The van der Waals surface area contributed by atoms with Crippen LogP contribution in [-0.4, -0.2) is 15.8 Å². The predicted octanol–water partition coefficient (Wildman–Crippen LogP) is 3.82. The summed E-state index contributed by atoms with van der Waals surface area (Å²) in [4.78, 5) is 18.8. The summed E-state index contributed by atoms with van der Waals surface area (Å²) in [5, 5.41) is 9.87. The van der Waals surface area contributed by atoms with Gasteiger partial charge in [-0.25, -0.2) is 4.99 Å². The molecule has 0 aliphatic carbocycles. The number of hydrogen-bond acceptors (Lipinski definition) is 4. The first kappa shape index (κ1) is 13.7. The van der Waals surface area contributed by atoms with Gasteiger partial charge in [0.05, 0.1) is 16.3 Å². The van der Waals surface area contributed by atoms with Crippen molar-refractivity contribution in [1.82, 2.24) is 4.98 Å². The summed E-state index contributed by atoms with van der Waals surface area (Å²) in [6.07, 6.45) is 1.82. The maximum atomic E-state index is 11.4. The predicted molar refractivity (Wildman–Crippen MR) is 93.6 cm³/mol. The fourth-order valence-corrected chi connectivity index (χ4v) is 3.30. The Labute approximate surface area is 136 Å². The van der Waals surface area contributed by atoms with Gasteiger partial charge in [0, 0.05) is 16.7 Å². The maximum Gasteiger partial charge on any atom is 0.307 e. The zero-order valence-corrected chi connectivity index (χ0v) is 12.8. The number of nitrogens with one attached hydrogen (secondary N) is 1. The zero-order chi connectivity index (χ0) is 15.8. The van der Waals surface area contributed by atoms with Crippen molar-refractivity contribution in [2.75, 3.05) is 0 Å². The van der Waals surface area contributed by atoms with Crippen LogP contribution in [-0.2, 0) is 0 Å². The minimum atomic E-state index is -0.279. The summed E-state index contributed by atoms with van der Waals surface area (Å²) in [6.45, 7) is 0. The van der Waals surface area contributed by atoms with Gasteiger partial charge in [-0.3, -0.25) is 9.78 Å². The molecule has 3 aromatic rings. The van der Waals surface area contributed by atoms with Gasteiger partial charge >= 0.3 is 4.87 Å². The molecule has 0 unspecified atom stereocenters. The monoisotopic (exact) mass is 320 g/mol. The highest BCUT2D eigenvalue weighted by Crippen LogP contribution is 2.38. The van der Waals surface area contributed by atoms with E-state index in [4.69, 9.17) is 4.99 Å². The third-order valence-electron chi connectivity index (χ3n) is 3.66. The molecule has 0 amide bonds. The van der Waals surface area contributed by atoms with Crippen LogP contribution in [0.3, 0.4) is 0 Å². The first-order valence-corrected chi connectivity index (χ1v) is 7.92. The number of thiazole rings is 1. The van der Waals surface area contributed by atoms with E-state index >= 15 is 0 Å². The lowest BCUT2D eigenvalue weighted by atomic mass is 9.97. The molecule has 2 N–H and O–H groups in total. The van der Waals surface area contributed by atoms with Gasteiger partial charge in [0.15, 0.2) is 0 Å². The smallest absolute Gasteiger partial charge is 0.307 e. The van der Waals surface area contributed by atoms with Crippen LogP contribution in [0.2, 0.25) is 0 Å². The first-order chi connectivity index (χ1) is 11.2. The number of fused-ring (bicyclic) bond motifs is 1. The molecule has 2 heterocycles. The van der Waals surface area contributed by atoms with E-state index in [0.717, 1.165) is 39.4 Å². The van der Waals surface area contributed by atoms with Gasteiger partial charge in [-0.2, -0.15) is 0 Å². The molecule has 112 valence electrons. The van der Waals surface area contributed by atoms with Crippen LogP contribution in [0.25, 0.3) is 11.6 Å². The van der Waals surface area contributed by atoms with E-state index in [1.54, 1.807) is 0 Å². The third-order valence-corrected chi connectivity index (χ3v) is 4.48. The average molecular weight is 320 g/mol. The van der Waals surface area contributed by atoms with Crippen LogP contribution in [0.15, 0.2) is 64.4 Å². The van der Waals surface area contributed by atoms with Crippen LogP contribution in [0.4, 0.5) is 5.69 Å². The molecule has 5 heteroatoms. The lowest BCUT2D eigenvalue weighted by Gasteiger charge is -2.05. The minimum absolute atomic E-state index is 0.107. The Hall–Kier alpha value is -2.92. The van der Waals surface area contributed by atoms with Crippen molar-refractivity contribution in [3.8, 4) is 5.88 Å². The highest BCUT2D eigenvalue weighted by molar-refractivity contribution is 7.10. The number of aliphatic imine (C=N–C) groups is 1. The molecular weight excluding hydrogens is 308 g/mol. The van der Waals surface area contributed by atoms with Gasteiger partial charge in [-0.05, 0) is 12.1 Å². The van der Waals surface area contributed by atoms with Crippen molar-refractivity contribution >= 4 is 34.4 Å². The van der Waals surface area contributed by atoms with Crippen molar-refractivity contribution < 1.29 is 5.11 Å². The van der Waals surface area contributed by atoms with E-state index in [9.17, 15) is 9.90 Å². The largest absolute Gasteiger partial charge is 0.493 e. The lowest BCUT2D eigenvalue weighted by molar-refractivity contribution is 0.455. The Morgan fingerprint density at radius 1 is 1.04 bits per heavy atom. The Balaban J connectivity index is 1.92. The number of aromatic nitrogens is 1. The summed E-state index contributed by atoms with van der Waals surface area (Å²) in [6, 6.07) is 17.7. The number of aromatic amines is 1. The Morgan fingerprint density at radius 3 is 2.52 bits per heavy atom. The number of nitrogens with zero attached hydrogens (tertiary/aromatic N) is 1. The fraction of sp³-hybridized carbons (Fsp3) is 0. The molecular formula is C18H12N2O2S. The van der Waals surface area contributed by atoms with Crippen LogP contribution in [0, 0.1) is 0 Å². The van der Waals surface area contributed by atoms with E-state index in [0.29, 0.717) is 4.88 Å². The standard InChI is InChI=1S/C18H12N2O2S/c21-17-15(23-18(22)20-17)10-13-12-8-4-5-9-14(12)19-16(13)11-6-2-1-3-7-11/h1-10,21H,(H,20,22). The van der Waals surface area contributed by atoms with Crippen LogP contribution < -0.4 is 4.87 Å². The quantitative estimate of drug-likeness (QED) is 0.754. The second-order valence-corrected chi connectivity index (χ2v) is 6.14. The van der Waals surface area contributed by atoms with Crippen LogP contribution in [0.5, 0.6) is 5.88 Å². The number of allylic oxidation sites excluding steroid dienone is 1. The molecule has 0 fully saturated rings. The van der Waals surface area contributed by atoms with Crippen molar-refractivity contribution in [2.45, 2.75) is 0 Å². The summed E-state index contributed by atoms with van der Waals surface area (Å²) in [5.74, 6) is -0.107. The molecule has 0 saturated carbocycles. The number of rotatable bonds is 2. The van der Waals surface area contributed by atoms with Gasteiger partial charge in [0.1, 0.15) is 0 Å². The second kappa shape index (κ2) is 5.37. The highest BCUT2D eigenvalue weighted by Gasteiger charge is 2.22. The summed E-state index contributed by atoms with van der Waals surface area (Å²) >= 11 is 0.981. The number of aromatic hydroxyl groups is 1. The van der Waals surface area contributed by atoms with Crippen molar-refractivity contribution in [3.63, 3.8) is 0 Å². The molecule has 0 saturated heterocycles. The molecule has 0 spiro atoms. The molecule has 4 rings (SSSR count). The van der Waals surface area contributed by atoms with Gasteiger partial charge in [-0.15, -0.1) is 0 Å². The molecule has 0 atom stereocenters. The SMILES string of the molecule is O=c1[nH]c(O)c(C=C2C(c3ccccc3)=Nc3ccccc32)s1. The van der Waals surface area contributed by atoms with Crippen LogP contribution >= 0.6 is 11.3 Å². The fourth-order valence-electron chi connectivity index (χ4n) is 2.63. The molecule has 2 aromatic carbocycles. The van der Waals surface area contributed by atoms with Gasteiger partial charge < -0.3 is 5.11 Å². The maximum absolute atomic E-state index is 11.4. The molecule has 1 aliphatic heterocycles. The molecule has 1 aliphatic rings. The molecule has 4 nitrogen and oxygen atoms in total. The number of H-pyrrole nitrogens is 1. The van der Waals surface area contributed by atoms with Crippen molar-refractivity contribution in [3.05, 3.63) is 80.3 Å².